The van der Waals surface area contributed by atoms with E-state index < -0.39 is 0 Å². The lowest BCUT2D eigenvalue weighted by atomic mass is 10.2. The number of aromatic nitrogens is 2. The second-order valence-corrected chi connectivity index (χ2v) is 4.62. The molecule has 0 aliphatic carbocycles. The van der Waals surface area contributed by atoms with Gasteiger partial charge in [-0.2, -0.15) is 5.10 Å². The number of halogens is 2. The van der Waals surface area contributed by atoms with E-state index in [-0.39, 0.29) is 6.10 Å². The summed E-state index contributed by atoms with van der Waals surface area (Å²) in [4.78, 5) is 0. The highest BCUT2D eigenvalue weighted by atomic mass is 79.9. The van der Waals surface area contributed by atoms with Crippen molar-refractivity contribution in [3.8, 4) is 0 Å². The van der Waals surface area contributed by atoms with Crippen LogP contribution in [0.3, 0.4) is 0 Å². The van der Waals surface area contributed by atoms with Gasteiger partial charge in [0.1, 0.15) is 9.21 Å². The molecule has 1 aromatic rings. The zero-order valence-corrected chi connectivity index (χ0v) is 10.8. The van der Waals surface area contributed by atoms with Crippen molar-refractivity contribution in [3.05, 3.63) is 27.9 Å². The molecule has 0 bridgehead atoms. The minimum Gasteiger partial charge on any atom is -0.391 e. The van der Waals surface area contributed by atoms with Gasteiger partial charge < -0.3 is 5.11 Å². The van der Waals surface area contributed by atoms with Gasteiger partial charge in [0, 0.05) is 6.07 Å². The van der Waals surface area contributed by atoms with Gasteiger partial charge >= 0.3 is 0 Å². The van der Waals surface area contributed by atoms with Gasteiger partial charge in [-0.05, 0) is 44.7 Å². The highest BCUT2D eigenvalue weighted by Crippen LogP contribution is 2.17. The average molecular weight is 324 g/mol. The predicted octanol–water partition coefficient (Wildman–Crippen LogP) is 2.74. The molecule has 0 aliphatic rings. The quantitative estimate of drug-likeness (QED) is 0.846. The van der Waals surface area contributed by atoms with E-state index in [9.17, 15) is 5.11 Å². The van der Waals surface area contributed by atoms with Crippen LogP contribution in [-0.4, -0.2) is 21.0 Å². The molecule has 0 saturated heterocycles. The molecule has 14 heavy (non-hydrogen) atoms. The lowest BCUT2D eigenvalue weighted by Crippen LogP contribution is -2.16. The van der Waals surface area contributed by atoms with Crippen LogP contribution in [0.25, 0.3) is 0 Å². The summed E-state index contributed by atoms with van der Waals surface area (Å²) < 4.78 is 3.35. The summed E-state index contributed by atoms with van der Waals surface area (Å²) in [5.74, 6) is 0. The third-order valence-electron chi connectivity index (χ3n) is 1.79. The van der Waals surface area contributed by atoms with E-state index in [1.807, 2.05) is 6.07 Å². The third-order valence-corrected chi connectivity index (χ3v) is 2.81. The van der Waals surface area contributed by atoms with Gasteiger partial charge in [-0.25, -0.2) is 0 Å². The first-order valence-corrected chi connectivity index (χ1v) is 5.90. The number of nitrogens with zero attached hydrogens (tertiary/aromatic N) is 2. The second-order valence-electron chi connectivity index (χ2n) is 2.99. The Balaban J connectivity index is 2.50. The van der Waals surface area contributed by atoms with Crippen molar-refractivity contribution in [2.75, 3.05) is 0 Å². The number of hydrogen-bond donors (Lipinski definition) is 1. The molecule has 78 valence electrons. The molecule has 1 atom stereocenters. The Labute approximate surface area is 100 Å². The molecule has 1 unspecified atom stereocenters. The fraction of sp³-hybridized carbons (Fsp3) is 0.444. The minimum atomic E-state index is -0.379. The molecule has 0 aliphatic heterocycles. The molecule has 0 fully saturated rings. The molecular weight excluding hydrogens is 312 g/mol. The van der Waals surface area contributed by atoms with Gasteiger partial charge in [0.05, 0.1) is 12.6 Å². The van der Waals surface area contributed by atoms with Crippen LogP contribution in [0.1, 0.15) is 12.8 Å². The van der Waals surface area contributed by atoms with Gasteiger partial charge in [-0.1, -0.05) is 6.08 Å². The van der Waals surface area contributed by atoms with E-state index >= 15 is 0 Å². The summed E-state index contributed by atoms with van der Waals surface area (Å²) in [5, 5.41) is 13.8. The Bertz CT molecular complexity index is 312. The lowest BCUT2D eigenvalue weighted by molar-refractivity contribution is 0.140. The monoisotopic (exact) mass is 322 g/mol. The highest BCUT2D eigenvalue weighted by Gasteiger charge is 2.08. The first-order chi connectivity index (χ1) is 6.63. The number of aliphatic hydroxyl groups excluding tert-OH is 1. The molecule has 1 heterocycles. The first-order valence-electron chi connectivity index (χ1n) is 4.31. The molecule has 3 nitrogen and oxygen atoms in total. The number of rotatable bonds is 5. The Morgan fingerprint density at radius 2 is 2.36 bits per heavy atom. The molecule has 1 aromatic heterocycles. The zero-order valence-electron chi connectivity index (χ0n) is 7.66. The maximum atomic E-state index is 9.62. The molecule has 0 saturated carbocycles. The lowest BCUT2D eigenvalue weighted by Gasteiger charge is -2.09. The summed E-state index contributed by atoms with van der Waals surface area (Å²) in [5.41, 5.74) is 0. The van der Waals surface area contributed by atoms with E-state index in [0.717, 1.165) is 15.6 Å². The standard InChI is InChI=1S/C9H12Br2N2O/c1-2-3-4-7(14)6-13-9(11)5-8(10)12-13/h2,5,7,14H,1,3-4,6H2. The molecule has 0 spiro atoms. The third kappa shape index (κ3) is 3.55. The molecule has 1 rings (SSSR count). The van der Waals surface area contributed by atoms with Crippen molar-refractivity contribution in [3.63, 3.8) is 0 Å². The first kappa shape index (κ1) is 11.9. The molecular formula is C9H12Br2N2O. The normalized spacial score (nSPS) is 12.8. The zero-order chi connectivity index (χ0) is 10.6. The van der Waals surface area contributed by atoms with Gasteiger partial charge in [-0.3, -0.25) is 4.68 Å². The molecule has 0 aromatic carbocycles. The molecule has 0 radical (unpaired) electrons. The Morgan fingerprint density at radius 1 is 1.64 bits per heavy atom. The van der Waals surface area contributed by atoms with Crippen LogP contribution in [-0.2, 0) is 6.54 Å². The van der Waals surface area contributed by atoms with E-state index in [2.05, 4.69) is 43.5 Å². The average Bonchev–Trinajstić information content (AvgIpc) is 2.42. The van der Waals surface area contributed by atoms with Crippen LogP contribution in [0.5, 0.6) is 0 Å². The van der Waals surface area contributed by atoms with E-state index in [1.165, 1.54) is 0 Å². The van der Waals surface area contributed by atoms with Crippen molar-refractivity contribution in [2.24, 2.45) is 0 Å². The van der Waals surface area contributed by atoms with E-state index in [0.29, 0.717) is 13.0 Å². The fourth-order valence-electron chi connectivity index (χ4n) is 1.09. The smallest absolute Gasteiger partial charge is 0.129 e. The Morgan fingerprint density at radius 3 is 2.86 bits per heavy atom. The van der Waals surface area contributed by atoms with Gasteiger partial charge in [0.15, 0.2) is 0 Å². The van der Waals surface area contributed by atoms with Crippen LogP contribution in [0.15, 0.2) is 27.9 Å². The van der Waals surface area contributed by atoms with Crippen LogP contribution < -0.4 is 0 Å². The topological polar surface area (TPSA) is 38.0 Å². The van der Waals surface area contributed by atoms with Crippen molar-refractivity contribution in [1.29, 1.82) is 0 Å². The van der Waals surface area contributed by atoms with Crippen molar-refractivity contribution >= 4 is 31.9 Å². The minimum absolute atomic E-state index is 0.379. The number of hydrogen-bond acceptors (Lipinski definition) is 2. The largest absolute Gasteiger partial charge is 0.391 e. The van der Waals surface area contributed by atoms with E-state index in [4.69, 9.17) is 0 Å². The predicted molar refractivity (Wildman–Crippen MR) is 63.1 cm³/mol. The highest BCUT2D eigenvalue weighted by molar-refractivity contribution is 9.11. The van der Waals surface area contributed by atoms with Crippen molar-refractivity contribution in [2.45, 2.75) is 25.5 Å². The van der Waals surface area contributed by atoms with E-state index in [1.54, 1.807) is 10.8 Å². The van der Waals surface area contributed by atoms with Gasteiger partial charge in [0.25, 0.3) is 0 Å². The maximum Gasteiger partial charge on any atom is 0.129 e. The van der Waals surface area contributed by atoms with Crippen LogP contribution in [0.4, 0.5) is 0 Å². The number of allylic oxidation sites excluding steroid dienone is 1. The van der Waals surface area contributed by atoms with Crippen molar-refractivity contribution < 1.29 is 5.11 Å². The Hall–Kier alpha value is -0.130. The van der Waals surface area contributed by atoms with Crippen LogP contribution >= 0.6 is 31.9 Å². The summed E-state index contributed by atoms with van der Waals surface area (Å²) in [6.45, 7) is 4.11. The van der Waals surface area contributed by atoms with Gasteiger partial charge in [0.2, 0.25) is 0 Å². The second kappa shape index (κ2) is 5.68. The molecule has 1 N–H and O–H groups in total. The maximum absolute atomic E-state index is 9.62. The summed E-state index contributed by atoms with van der Waals surface area (Å²) >= 11 is 6.62. The molecule has 5 heteroatoms. The summed E-state index contributed by atoms with van der Waals surface area (Å²) in [6, 6.07) is 1.85. The molecule has 0 amide bonds. The summed E-state index contributed by atoms with van der Waals surface area (Å²) in [6.07, 6.45) is 2.96. The van der Waals surface area contributed by atoms with Gasteiger partial charge in [-0.15, -0.1) is 6.58 Å². The summed E-state index contributed by atoms with van der Waals surface area (Å²) in [7, 11) is 0. The fourth-order valence-corrected chi connectivity index (χ4v) is 2.25. The Kier molecular flexibility index (Phi) is 4.84. The van der Waals surface area contributed by atoms with Crippen molar-refractivity contribution in [1.82, 2.24) is 9.78 Å². The number of aliphatic hydroxyl groups is 1. The SMILES string of the molecule is C=CCCC(O)Cn1nc(Br)cc1Br. The van der Waals surface area contributed by atoms with Crippen LogP contribution in [0.2, 0.25) is 0 Å². The van der Waals surface area contributed by atoms with Crippen LogP contribution in [0, 0.1) is 0 Å².